The molecule has 3 nitrogen and oxygen atoms in total. The van der Waals surface area contributed by atoms with Crippen LogP contribution in [0.15, 0.2) is 0 Å². The van der Waals surface area contributed by atoms with Gasteiger partial charge in [-0.05, 0) is 19.3 Å². The Morgan fingerprint density at radius 1 is 1.57 bits per heavy atom. The highest BCUT2D eigenvalue weighted by atomic mass is 19.3. The second-order valence-electron chi connectivity index (χ2n) is 3.26. The van der Waals surface area contributed by atoms with Crippen molar-refractivity contribution in [2.75, 3.05) is 6.61 Å². The molecule has 0 fully saturated rings. The first-order valence-corrected chi connectivity index (χ1v) is 4.75. The summed E-state index contributed by atoms with van der Waals surface area (Å²) in [6.45, 7) is -0.191. The smallest absolute Gasteiger partial charge is 0.336 e. The van der Waals surface area contributed by atoms with Crippen LogP contribution in [0.25, 0.3) is 0 Å². The quantitative estimate of drug-likeness (QED) is 0.734. The summed E-state index contributed by atoms with van der Waals surface area (Å²) in [6.07, 6.45) is 2.35. The van der Waals surface area contributed by atoms with Gasteiger partial charge in [0, 0.05) is 5.56 Å². The van der Waals surface area contributed by atoms with Crippen molar-refractivity contribution in [3.05, 3.63) is 11.3 Å². The second-order valence-corrected chi connectivity index (χ2v) is 3.26. The van der Waals surface area contributed by atoms with Crippen LogP contribution in [-0.4, -0.2) is 16.4 Å². The third-order valence-electron chi connectivity index (χ3n) is 2.37. The molecule has 0 aliphatic carbocycles. The molecule has 0 N–H and O–H groups in total. The lowest BCUT2D eigenvalue weighted by Crippen LogP contribution is -2.12. The fourth-order valence-electron chi connectivity index (χ4n) is 1.74. The van der Waals surface area contributed by atoms with E-state index in [1.807, 2.05) is 6.92 Å². The van der Waals surface area contributed by atoms with Crippen LogP contribution in [0, 0.1) is 0 Å². The van der Waals surface area contributed by atoms with Gasteiger partial charge >= 0.3 is 6.55 Å². The molecule has 0 atom stereocenters. The summed E-state index contributed by atoms with van der Waals surface area (Å²) in [6, 6.07) is 0. The Labute approximate surface area is 80.7 Å². The van der Waals surface area contributed by atoms with E-state index in [9.17, 15) is 8.78 Å². The van der Waals surface area contributed by atoms with Gasteiger partial charge in [-0.3, -0.25) is 0 Å². The minimum absolute atomic E-state index is 0.267. The Balaban J connectivity index is 2.46. The molecule has 1 aromatic rings. The number of rotatable bonds is 2. The van der Waals surface area contributed by atoms with E-state index in [0.717, 1.165) is 24.1 Å². The Morgan fingerprint density at radius 3 is 3.00 bits per heavy atom. The van der Waals surface area contributed by atoms with Crippen LogP contribution in [0.3, 0.4) is 0 Å². The summed E-state index contributed by atoms with van der Waals surface area (Å²) in [5.74, 6) is 0.267. The van der Waals surface area contributed by atoms with Crippen LogP contribution < -0.4 is 4.74 Å². The number of aryl methyl sites for hydroxylation is 1. The highest BCUT2D eigenvalue weighted by Crippen LogP contribution is 2.31. The van der Waals surface area contributed by atoms with Gasteiger partial charge in [0.1, 0.15) is 0 Å². The van der Waals surface area contributed by atoms with E-state index in [1.54, 1.807) is 0 Å². The maximum Gasteiger partial charge on any atom is 0.336 e. The van der Waals surface area contributed by atoms with Gasteiger partial charge in [0.15, 0.2) is 0 Å². The summed E-state index contributed by atoms with van der Waals surface area (Å²) in [4.78, 5) is 0. The number of alkyl halides is 2. The molecule has 2 rings (SSSR count). The van der Waals surface area contributed by atoms with Crippen LogP contribution >= 0.6 is 0 Å². The highest BCUT2D eigenvalue weighted by molar-refractivity contribution is 5.33. The topological polar surface area (TPSA) is 27.1 Å². The van der Waals surface area contributed by atoms with Gasteiger partial charge in [-0.25, -0.2) is 0 Å². The van der Waals surface area contributed by atoms with Crippen molar-refractivity contribution in [3.8, 4) is 5.88 Å². The number of nitrogens with zero attached hydrogens (tertiary/aromatic N) is 2. The zero-order valence-corrected chi connectivity index (χ0v) is 7.96. The van der Waals surface area contributed by atoms with E-state index in [4.69, 9.17) is 4.74 Å². The molecule has 0 radical (unpaired) electrons. The Morgan fingerprint density at radius 2 is 2.36 bits per heavy atom. The molecule has 0 bridgehead atoms. The Hall–Kier alpha value is -1.13. The molecule has 0 unspecified atom stereocenters. The molecule has 0 amide bonds. The summed E-state index contributed by atoms with van der Waals surface area (Å²) in [5.41, 5.74) is 1.60. The van der Waals surface area contributed by atoms with Gasteiger partial charge in [0.05, 0.1) is 12.3 Å². The molecule has 0 saturated carbocycles. The number of aromatic nitrogens is 2. The minimum Gasteiger partial charge on any atom is -0.477 e. The van der Waals surface area contributed by atoms with Crippen molar-refractivity contribution in [3.63, 3.8) is 0 Å². The molecule has 2 heterocycles. The van der Waals surface area contributed by atoms with Gasteiger partial charge < -0.3 is 4.74 Å². The molecule has 0 spiro atoms. The fraction of sp³-hybridized carbons (Fsp3) is 0.667. The third-order valence-corrected chi connectivity index (χ3v) is 2.37. The molecule has 0 aromatic carbocycles. The van der Waals surface area contributed by atoms with Crippen molar-refractivity contribution >= 4 is 0 Å². The normalized spacial score (nSPS) is 15.4. The largest absolute Gasteiger partial charge is 0.477 e. The van der Waals surface area contributed by atoms with Crippen molar-refractivity contribution in [1.29, 1.82) is 0 Å². The summed E-state index contributed by atoms with van der Waals surface area (Å²) < 4.78 is 31.0. The van der Waals surface area contributed by atoms with E-state index in [0.29, 0.717) is 17.7 Å². The molecular formula is C9H12F2N2O. The lowest BCUT2D eigenvalue weighted by Gasteiger charge is -2.14. The van der Waals surface area contributed by atoms with Crippen molar-refractivity contribution < 1.29 is 13.5 Å². The summed E-state index contributed by atoms with van der Waals surface area (Å²) in [7, 11) is 0. The minimum atomic E-state index is -2.61. The lowest BCUT2D eigenvalue weighted by molar-refractivity contribution is 0.0437. The predicted octanol–water partition coefficient (Wildman–Crippen LogP) is 2.17. The zero-order chi connectivity index (χ0) is 10.1. The van der Waals surface area contributed by atoms with E-state index in [-0.39, 0.29) is 5.88 Å². The average molecular weight is 202 g/mol. The van der Waals surface area contributed by atoms with Gasteiger partial charge in [-0.15, -0.1) is 0 Å². The number of halogens is 2. The molecule has 78 valence electrons. The van der Waals surface area contributed by atoms with Crippen LogP contribution in [0.4, 0.5) is 8.78 Å². The van der Waals surface area contributed by atoms with Gasteiger partial charge in [-0.2, -0.15) is 18.6 Å². The van der Waals surface area contributed by atoms with E-state index in [1.165, 1.54) is 0 Å². The van der Waals surface area contributed by atoms with Crippen molar-refractivity contribution in [2.45, 2.75) is 32.7 Å². The third kappa shape index (κ3) is 1.36. The van der Waals surface area contributed by atoms with E-state index >= 15 is 0 Å². The lowest BCUT2D eigenvalue weighted by atomic mass is 10.1. The number of hydrogen-bond acceptors (Lipinski definition) is 2. The predicted molar refractivity (Wildman–Crippen MR) is 46.7 cm³/mol. The Kier molecular flexibility index (Phi) is 2.39. The molecule has 1 aliphatic heterocycles. The average Bonchev–Trinajstić information content (AvgIpc) is 2.56. The van der Waals surface area contributed by atoms with Crippen LogP contribution in [-0.2, 0) is 12.8 Å². The molecule has 1 aromatic heterocycles. The SMILES string of the molecule is CCc1nn(C(F)F)c2c1CCCO2. The summed E-state index contributed by atoms with van der Waals surface area (Å²) in [5, 5.41) is 3.85. The number of fused-ring (bicyclic) bond motifs is 1. The highest BCUT2D eigenvalue weighted by Gasteiger charge is 2.24. The fourth-order valence-corrected chi connectivity index (χ4v) is 1.74. The van der Waals surface area contributed by atoms with Crippen LogP contribution in [0.1, 0.15) is 31.2 Å². The molecule has 1 aliphatic rings. The molecule has 0 saturated heterocycles. The molecule has 5 heteroatoms. The second kappa shape index (κ2) is 3.55. The molecule has 14 heavy (non-hydrogen) atoms. The van der Waals surface area contributed by atoms with E-state index < -0.39 is 6.55 Å². The monoisotopic (exact) mass is 202 g/mol. The van der Waals surface area contributed by atoms with Crippen LogP contribution in [0.5, 0.6) is 5.88 Å². The first kappa shape index (κ1) is 9.43. The maximum absolute atomic E-state index is 12.5. The van der Waals surface area contributed by atoms with Gasteiger partial charge in [-0.1, -0.05) is 6.92 Å². The maximum atomic E-state index is 12.5. The molecular weight excluding hydrogens is 190 g/mol. The Bertz CT molecular complexity index is 336. The van der Waals surface area contributed by atoms with Crippen LogP contribution in [0.2, 0.25) is 0 Å². The van der Waals surface area contributed by atoms with Gasteiger partial charge in [0.2, 0.25) is 5.88 Å². The first-order chi connectivity index (χ1) is 6.74. The number of hydrogen-bond donors (Lipinski definition) is 0. The van der Waals surface area contributed by atoms with Crippen molar-refractivity contribution in [1.82, 2.24) is 9.78 Å². The number of ether oxygens (including phenoxy) is 1. The van der Waals surface area contributed by atoms with Gasteiger partial charge in [0.25, 0.3) is 0 Å². The van der Waals surface area contributed by atoms with Crippen molar-refractivity contribution in [2.24, 2.45) is 0 Å². The zero-order valence-electron chi connectivity index (χ0n) is 7.96. The standard InChI is InChI=1S/C9H12F2N2O/c1-2-7-6-4-3-5-14-8(6)13(12-7)9(10)11/h9H,2-5H2,1H3. The summed E-state index contributed by atoms with van der Waals surface area (Å²) >= 11 is 0. The van der Waals surface area contributed by atoms with E-state index in [2.05, 4.69) is 5.10 Å². The first-order valence-electron chi connectivity index (χ1n) is 4.75.